The molecule has 0 aromatic heterocycles. The zero-order valence-corrected chi connectivity index (χ0v) is 13.8. The summed E-state index contributed by atoms with van der Waals surface area (Å²) in [5.41, 5.74) is 1.84. The van der Waals surface area contributed by atoms with Crippen molar-refractivity contribution >= 4 is 18.5 Å². The van der Waals surface area contributed by atoms with Crippen molar-refractivity contribution in [3.05, 3.63) is 29.3 Å². The standard InChI is InChI=1S/C17H24N2OS/c1-12-6-7-15(21)9-16(12)17(20)19-11-14-5-3-4-8-18(14)10-13(19)2/h6-7,9,13-14,21H,3-5,8,10-11H2,1-2H3. The molecule has 2 saturated heterocycles. The number of carbonyl (C=O) groups is 1. The average molecular weight is 304 g/mol. The molecule has 0 N–H and O–H groups in total. The number of benzene rings is 1. The van der Waals surface area contributed by atoms with E-state index in [4.69, 9.17) is 0 Å². The van der Waals surface area contributed by atoms with E-state index in [1.807, 2.05) is 25.1 Å². The molecule has 0 spiro atoms. The molecule has 0 bridgehead atoms. The molecule has 0 saturated carbocycles. The minimum absolute atomic E-state index is 0.168. The molecule has 21 heavy (non-hydrogen) atoms. The van der Waals surface area contributed by atoms with Crippen molar-refractivity contribution in [3.8, 4) is 0 Å². The van der Waals surface area contributed by atoms with E-state index in [1.54, 1.807) is 0 Å². The van der Waals surface area contributed by atoms with Crippen LogP contribution < -0.4 is 0 Å². The first-order chi connectivity index (χ1) is 10.1. The van der Waals surface area contributed by atoms with Crippen LogP contribution in [0, 0.1) is 6.92 Å². The van der Waals surface area contributed by atoms with Gasteiger partial charge >= 0.3 is 0 Å². The lowest BCUT2D eigenvalue weighted by Gasteiger charge is -2.47. The fourth-order valence-corrected chi connectivity index (χ4v) is 3.83. The van der Waals surface area contributed by atoms with E-state index in [0.717, 1.165) is 29.1 Å². The minimum Gasteiger partial charge on any atom is -0.333 e. The Morgan fingerprint density at radius 2 is 2.10 bits per heavy atom. The van der Waals surface area contributed by atoms with Crippen LogP contribution in [0.5, 0.6) is 0 Å². The predicted molar refractivity (Wildman–Crippen MR) is 88.1 cm³/mol. The van der Waals surface area contributed by atoms with Crippen molar-refractivity contribution in [3.63, 3.8) is 0 Å². The van der Waals surface area contributed by atoms with Gasteiger partial charge in [-0.1, -0.05) is 12.5 Å². The Balaban J connectivity index is 1.82. The van der Waals surface area contributed by atoms with Crippen LogP contribution in [0.2, 0.25) is 0 Å². The molecule has 0 aliphatic carbocycles. The number of piperazine rings is 1. The summed E-state index contributed by atoms with van der Waals surface area (Å²) in [5, 5.41) is 0. The number of rotatable bonds is 1. The molecular weight excluding hydrogens is 280 g/mol. The highest BCUT2D eigenvalue weighted by Crippen LogP contribution is 2.26. The normalized spacial score (nSPS) is 26.5. The van der Waals surface area contributed by atoms with Gasteiger partial charge in [-0.2, -0.15) is 0 Å². The maximum Gasteiger partial charge on any atom is 0.254 e. The Bertz CT molecular complexity index is 546. The summed E-state index contributed by atoms with van der Waals surface area (Å²) in [6.45, 7) is 7.25. The highest BCUT2D eigenvalue weighted by atomic mass is 32.1. The summed E-state index contributed by atoms with van der Waals surface area (Å²) in [4.78, 5) is 18.4. The van der Waals surface area contributed by atoms with Crippen LogP contribution in [-0.4, -0.2) is 47.4 Å². The molecule has 4 heteroatoms. The largest absolute Gasteiger partial charge is 0.333 e. The second-order valence-corrected chi connectivity index (χ2v) is 6.97. The molecule has 1 aromatic rings. The predicted octanol–water partition coefficient (Wildman–Crippen LogP) is 2.98. The number of nitrogens with zero attached hydrogens (tertiary/aromatic N) is 2. The molecule has 2 heterocycles. The highest BCUT2D eigenvalue weighted by Gasteiger charge is 2.35. The van der Waals surface area contributed by atoms with Gasteiger partial charge in [0.1, 0.15) is 0 Å². The summed E-state index contributed by atoms with van der Waals surface area (Å²) in [6, 6.07) is 6.67. The summed E-state index contributed by atoms with van der Waals surface area (Å²) >= 11 is 4.38. The van der Waals surface area contributed by atoms with Crippen molar-refractivity contribution in [2.24, 2.45) is 0 Å². The van der Waals surface area contributed by atoms with Crippen LogP contribution in [0.15, 0.2) is 23.1 Å². The Hall–Kier alpha value is -1.00. The van der Waals surface area contributed by atoms with E-state index in [2.05, 4.69) is 29.4 Å². The number of aryl methyl sites for hydroxylation is 1. The van der Waals surface area contributed by atoms with Gasteiger partial charge in [-0.05, 0) is 50.9 Å². The second-order valence-electron chi connectivity index (χ2n) is 6.45. The molecule has 3 rings (SSSR count). The minimum atomic E-state index is 0.168. The van der Waals surface area contributed by atoms with E-state index >= 15 is 0 Å². The fourth-order valence-electron chi connectivity index (χ4n) is 3.63. The summed E-state index contributed by atoms with van der Waals surface area (Å²) < 4.78 is 0. The molecule has 114 valence electrons. The first-order valence-electron chi connectivity index (χ1n) is 7.91. The number of carbonyl (C=O) groups excluding carboxylic acids is 1. The van der Waals surface area contributed by atoms with Gasteiger partial charge in [0.05, 0.1) is 0 Å². The van der Waals surface area contributed by atoms with Crippen molar-refractivity contribution in [1.29, 1.82) is 0 Å². The first kappa shape index (κ1) is 14.9. The number of amides is 1. The van der Waals surface area contributed by atoms with Crippen LogP contribution in [-0.2, 0) is 0 Å². The zero-order chi connectivity index (χ0) is 15.0. The molecule has 3 nitrogen and oxygen atoms in total. The van der Waals surface area contributed by atoms with Gasteiger partial charge in [0.2, 0.25) is 0 Å². The van der Waals surface area contributed by atoms with Crippen molar-refractivity contribution in [2.75, 3.05) is 19.6 Å². The molecule has 0 radical (unpaired) electrons. The van der Waals surface area contributed by atoms with Crippen LogP contribution in [0.3, 0.4) is 0 Å². The third-order valence-corrected chi connectivity index (χ3v) is 5.18. The quantitative estimate of drug-likeness (QED) is 0.806. The Labute approximate surface area is 132 Å². The zero-order valence-electron chi connectivity index (χ0n) is 12.9. The molecule has 2 unspecified atom stereocenters. The summed E-state index contributed by atoms with van der Waals surface area (Å²) in [7, 11) is 0. The number of thiol groups is 1. The second kappa shape index (κ2) is 6.01. The number of hydrogen-bond donors (Lipinski definition) is 1. The fraction of sp³-hybridized carbons (Fsp3) is 0.588. The maximum absolute atomic E-state index is 12.9. The van der Waals surface area contributed by atoms with E-state index in [0.29, 0.717) is 6.04 Å². The van der Waals surface area contributed by atoms with Crippen LogP contribution in [0.1, 0.15) is 42.1 Å². The van der Waals surface area contributed by atoms with E-state index in [9.17, 15) is 4.79 Å². The van der Waals surface area contributed by atoms with E-state index in [1.165, 1.54) is 25.8 Å². The Morgan fingerprint density at radius 3 is 2.90 bits per heavy atom. The van der Waals surface area contributed by atoms with E-state index in [-0.39, 0.29) is 11.9 Å². The number of piperidine rings is 1. The lowest BCUT2D eigenvalue weighted by molar-refractivity contribution is 0.0151. The lowest BCUT2D eigenvalue weighted by Crippen LogP contribution is -2.60. The summed E-state index contributed by atoms with van der Waals surface area (Å²) in [5.74, 6) is 0.168. The van der Waals surface area contributed by atoms with Crippen LogP contribution >= 0.6 is 12.6 Å². The Morgan fingerprint density at radius 1 is 1.29 bits per heavy atom. The topological polar surface area (TPSA) is 23.6 Å². The summed E-state index contributed by atoms with van der Waals surface area (Å²) in [6.07, 6.45) is 3.82. The smallest absolute Gasteiger partial charge is 0.254 e. The van der Waals surface area contributed by atoms with Gasteiger partial charge < -0.3 is 4.90 Å². The Kier molecular flexibility index (Phi) is 4.27. The van der Waals surface area contributed by atoms with Gasteiger partial charge in [0.15, 0.2) is 0 Å². The molecule has 2 fully saturated rings. The first-order valence-corrected chi connectivity index (χ1v) is 8.35. The highest BCUT2D eigenvalue weighted by molar-refractivity contribution is 7.80. The molecule has 1 amide bonds. The maximum atomic E-state index is 12.9. The van der Waals surface area contributed by atoms with Crippen molar-refractivity contribution in [2.45, 2.75) is 50.1 Å². The molecule has 2 atom stereocenters. The third-order valence-electron chi connectivity index (χ3n) is 4.90. The van der Waals surface area contributed by atoms with Crippen molar-refractivity contribution < 1.29 is 4.79 Å². The van der Waals surface area contributed by atoms with Crippen LogP contribution in [0.4, 0.5) is 0 Å². The number of hydrogen-bond acceptors (Lipinski definition) is 3. The molecular formula is C17H24N2OS. The van der Waals surface area contributed by atoms with Gasteiger partial charge in [0.25, 0.3) is 5.91 Å². The molecule has 2 aliphatic heterocycles. The SMILES string of the molecule is Cc1ccc(S)cc1C(=O)N1CC2CCCCN2CC1C. The number of fused-ring (bicyclic) bond motifs is 1. The average Bonchev–Trinajstić information content (AvgIpc) is 2.48. The van der Waals surface area contributed by atoms with E-state index < -0.39 is 0 Å². The molecule has 1 aromatic carbocycles. The van der Waals surface area contributed by atoms with Gasteiger partial charge in [0, 0.05) is 35.6 Å². The van der Waals surface area contributed by atoms with Gasteiger partial charge in [-0.3, -0.25) is 9.69 Å². The van der Waals surface area contributed by atoms with Gasteiger partial charge in [-0.25, -0.2) is 0 Å². The lowest BCUT2D eigenvalue weighted by atomic mass is 9.96. The van der Waals surface area contributed by atoms with Gasteiger partial charge in [-0.15, -0.1) is 12.6 Å². The third kappa shape index (κ3) is 2.97. The van der Waals surface area contributed by atoms with Crippen LogP contribution in [0.25, 0.3) is 0 Å². The van der Waals surface area contributed by atoms with Crippen molar-refractivity contribution in [1.82, 2.24) is 9.80 Å². The monoisotopic (exact) mass is 304 g/mol. The molecule has 2 aliphatic rings.